The minimum atomic E-state index is -4.17. The van der Waals surface area contributed by atoms with Gasteiger partial charge in [0.15, 0.2) is 5.78 Å². The summed E-state index contributed by atoms with van der Waals surface area (Å²) >= 11 is 0. The van der Waals surface area contributed by atoms with Crippen LogP contribution in [0, 0.1) is 5.92 Å². The summed E-state index contributed by atoms with van der Waals surface area (Å²) in [6.07, 6.45) is 12.9. The summed E-state index contributed by atoms with van der Waals surface area (Å²) in [5.41, 5.74) is 0.745. The highest BCUT2D eigenvalue weighted by atomic mass is 32.2. The molecule has 0 saturated carbocycles. The second kappa shape index (κ2) is 8.31. The first-order valence-electron chi connectivity index (χ1n) is 6.22. The Labute approximate surface area is 124 Å². The lowest BCUT2D eigenvalue weighted by atomic mass is 9.99. The zero-order valence-corrected chi connectivity index (χ0v) is 12.1. The number of nitrogens with two attached hydrogens (primary N) is 1. The van der Waals surface area contributed by atoms with Crippen LogP contribution in [-0.2, 0) is 10.3 Å². The van der Waals surface area contributed by atoms with Crippen LogP contribution in [0.4, 0.5) is 0 Å². The zero-order valence-electron chi connectivity index (χ0n) is 11.3. The molecule has 21 heavy (non-hydrogen) atoms. The fraction of sp³-hybridized carbons (Fsp3) is 0.133. The van der Waals surface area contributed by atoms with Gasteiger partial charge in [-0.25, -0.2) is 5.14 Å². The van der Waals surface area contributed by atoms with Gasteiger partial charge in [-0.3, -0.25) is 9.35 Å². The Morgan fingerprint density at radius 2 is 1.86 bits per heavy atom. The molecule has 0 aliphatic heterocycles. The lowest BCUT2D eigenvalue weighted by Gasteiger charge is -2.06. The number of benzene rings is 1. The third-order valence-electron chi connectivity index (χ3n) is 2.57. The first-order chi connectivity index (χ1) is 9.86. The largest absolute Gasteiger partial charge is 0.330 e. The number of carbonyl (C=O) groups is 1. The summed E-state index contributed by atoms with van der Waals surface area (Å²) in [7, 11) is -4.17. The van der Waals surface area contributed by atoms with Crippen LogP contribution in [0.2, 0.25) is 0 Å². The molecule has 1 aromatic rings. The highest BCUT2D eigenvalue weighted by Crippen LogP contribution is 2.13. The fourth-order valence-electron chi connectivity index (χ4n) is 1.65. The van der Waals surface area contributed by atoms with E-state index in [-0.39, 0.29) is 5.78 Å². The molecule has 112 valence electrons. The first kappa shape index (κ1) is 17.0. The first-order valence-corrected chi connectivity index (χ1v) is 7.72. The Morgan fingerprint density at radius 3 is 2.38 bits per heavy atom. The molecule has 0 saturated heterocycles. The Kier molecular flexibility index (Phi) is 6.74. The molecule has 1 aliphatic rings. The number of hydrogen-bond acceptors (Lipinski definition) is 3. The molecular formula is C15H17NO4S. The molecule has 0 heterocycles. The van der Waals surface area contributed by atoms with Gasteiger partial charge in [-0.05, 0) is 18.4 Å². The van der Waals surface area contributed by atoms with Crippen molar-refractivity contribution < 1.29 is 17.8 Å². The van der Waals surface area contributed by atoms with Crippen molar-refractivity contribution in [3.8, 4) is 0 Å². The quantitative estimate of drug-likeness (QED) is 0.508. The summed E-state index contributed by atoms with van der Waals surface area (Å²) in [4.78, 5) is 11.8. The Morgan fingerprint density at radius 1 is 1.24 bits per heavy atom. The van der Waals surface area contributed by atoms with Gasteiger partial charge in [-0.1, -0.05) is 60.7 Å². The normalized spacial score (nSPS) is 17.3. The number of allylic oxidation sites excluding steroid dienone is 6. The van der Waals surface area contributed by atoms with E-state index in [1.165, 1.54) is 0 Å². The van der Waals surface area contributed by atoms with Gasteiger partial charge in [-0.15, -0.1) is 0 Å². The molecule has 0 amide bonds. The molecular weight excluding hydrogens is 290 g/mol. The van der Waals surface area contributed by atoms with Crippen LogP contribution in [0.25, 0.3) is 0 Å². The van der Waals surface area contributed by atoms with Crippen molar-refractivity contribution in [2.45, 2.75) is 6.42 Å². The van der Waals surface area contributed by atoms with E-state index < -0.39 is 10.3 Å². The predicted octanol–water partition coefficient (Wildman–Crippen LogP) is 2.31. The number of hydrogen-bond donors (Lipinski definition) is 2. The molecule has 1 aromatic carbocycles. The topological polar surface area (TPSA) is 97.5 Å². The third-order valence-corrected chi connectivity index (χ3v) is 2.57. The summed E-state index contributed by atoms with van der Waals surface area (Å²) in [5, 5.41) is 3.88. The molecule has 0 bridgehead atoms. The standard InChI is InChI=1S/C15H14O.H3NO3S/c16-15(14-9-5-2-6-10-14)12-11-13-7-3-1-4-8-13;1-5(2,3)4/h1-7,9-13H,8H2;(H3,1,2,3,4). The maximum atomic E-state index is 11.8. The van der Waals surface area contributed by atoms with Gasteiger partial charge in [0.25, 0.3) is 0 Å². The molecule has 1 unspecified atom stereocenters. The van der Waals surface area contributed by atoms with Gasteiger partial charge in [0.2, 0.25) is 0 Å². The average molecular weight is 307 g/mol. The van der Waals surface area contributed by atoms with Crippen molar-refractivity contribution in [3.63, 3.8) is 0 Å². The number of carbonyl (C=O) groups excluding carboxylic acids is 1. The van der Waals surface area contributed by atoms with Gasteiger partial charge in [-0.2, -0.15) is 8.42 Å². The van der Waals surface area contributed by atoms with Crippen LogP contribution in [-0.4, -0.2) is 18.8 Å². The minimum Gasteiger partial charge on any atom is -0.289 e. The molecule has 0 radical (unpaired) electrons. The number of ketones is 1. The zero-order chi connectivity index (χ0) is 15.7. The van der Waals surface area contributed by atoms with Crippen LogP contribution in [0.15, 0.2) is 66.8 Å². The van der Waals surface area contributed by atoms with Gasteiger partial charge in [0.1, 0.15) is 0 Å². The highest BCUT2D eigenvalue weighted by Gasteiger charge is 2.03. The molecule has 1 atom stereocenters. The van der Waals surface area contributed by atoms with Crippen LogP contribution >= 0.6 is 0 Å². The van der Waals surface area contributed by atoms with E-state index >= 15 is 0 Å². The van der Waals surface area contributed by atoms with Crippen molar-refractivity contribution in [2.24, 2.45) is 11.1 Å². The van der Waals surface area contributed by atoms with Crippen molar-refractivity contribution in [2.75, 3.05) is 0 Å². The van der Waals surface area contributed by atoms with E-state index in [1.807, 2.05) is 48.6 Å². The van der Waals surface area contributed by atoms with Crippen LogP contribution in [0.5, 0.6) is 0 Å². The number of rotatable bonds is 3. The summed E-state index contributed by atoms with van der Waals surface area (Å²) < 4.78 is 25.2. The molecule has 0 spiro atoms. The maximum Gasteiger partial charge on any atom is 0.330 e. The Balaban J connectivity index is 0.000000383. The van der Waals surface area contributed by atoms with Crippen molar-refractivity contribution in [1.29, 1.82) is 0 Å². The monoisotopic (exact) mass is 307 g/mol. The van der Waals surface area contributed by atoms with E-state index in [9.17, 15) is 4.79 Å². The van der Waals surface area contributed by atoms with Crippen LogP contribution in [0.3, 0.4) is 0 Å². The Hall–Kier alpha value is -2.02. The second-order valence-corrected chi connectivity index (χ2v) is 5.35. The van der Waals surface area contributed by atoms with Gasteiger partial charge >= 0.3 is 10.3 Å². The van der Waals surface area contributed by atoms with Crippen molar-refractivity contribution in [3.05, 3.63) is 72.4 Å². The molecule has 2 rings (SSSR count). The van der Waals surface area contributed by atoms with Gasteiger partial charge in [0.05, 0.1) is 0 Å². The van der Waals surface area contributed by atoms with Crippen molar-refractivity contribution in [1.82, 2.24) is 0 Å². The lowest BCUT2D eigenvalue weighted by Crippen LogP contribution is -2.08. The van der Waals surface area contributed by atoms with Crippen molar-refractivity contribution >= 4 is 16.1 Å². The maximum absolute atomic E-state index is 11.8. The highest BCUT2D eigenvalue weighted by molar-refractivity contribution is 7.83. The molecule has 3 N–H and O–H groups in total. The van der Waals surface area contributed by atoms with E-state index in [0.29, 0.717) is 5.92 Å². The summed E-state index contributed by atoms with van der Waals surface area (Å²) in [5.74, 6) is 0.432. The summed E-state index contributed by atoms with van der Waals surface area (Å²) in [6, 6.07) is 9.34. The van der Waals surface area contributed by atoms with E-state index in [1.54, 1.807) is 6.08 Å². The van der Waals surface area contributed by atoms with E-state index in [4.69, 9.17) is 13.0 Å². The lowest BCUT2D eigenvalue weighted by molar-refractivity contribution is 0.104. The average Bonchev–Trinajstić information content (AvgIpc) is 2.45. The van der Waals surface area contributed by atoms with Crippen LogP contribution < -0.4 is 5.14 Å². The van der Waals surface area contributed by atoms with Gasteiger partial charge < -0.3 is 0 Å². The summed E-state index contributed by atoms with van der Waals surface area (Å²) in [6.45, 7) is 0. The Bertz CT molecular complexity index is 638. The van der Waals surface area contributed by atoms with Gasteiger partial charge in [0, 0.05) is 5.56 Å². The van der Waals surface area contributed by atoms with Crippen LogP contribution in [0.1, 0.15) is 16.8 Å². The molecule has 6 heteroatoms. The SMILES string of the molecule is NS(=O)(=O)O.O=C(C=CC1C=CC=CC1)c1ccccc1. The molecule has 1 aliphatic carbocycles. The molecule has 0 aromatic heterocycles. The third kappa shape index (κ3) is 8.69. The smallest absolute Gasteiger partial charge is 0.289 e. The second-order valence-electron chi connectivity index (χ2n) is 4.32. The fourth-order valence-corrected chi connectivity index (χ4v) is 1.65. The predicted molar refractivity (Wildman–Crippen MR) is 82.0 cm³/mol. The molecule has 5 nitrogen and oxygen atoms in total. The minimum absolute atomic E-state index is 0.0727. The van der Waals surface area contributed by atoms with E-state index in [2.05, 4.69) is 17.3 Å². The van der Waals surface area contributed by atoms with E-state index in [0.717, 1.165) is 12.0 Å². The molecule has 0 fully saturated rings.